The monoisotopic (exact) mass is 324 g/mol. The molecule has 1 aliphatic carbocycles. The van der Waals surface area contributed by atoms with E-state index in [0.29, 0.717) is 6.04 Å². The highest BCUT2D eigenvalue weighted by Gasteiger charge is 2.19. The first-order chi connectivity index (χ1) is 9.15. The molecule has 19 heavy (non-hydrogen) atoms. The van der Waals surface area contributed by atoms with Crippen LogP contribution < -0.4 is 10.6 Å². The van der Waals surface area contributed by atoms with Gasteiger partial charge < -0.3 is 10.6 Å². The molecule has 104 valence electrons. The fourth-order valence-electron chi connectivity index (χ4n) is 2.43. The molecule has 2 rings (SSSR count). The molecule has 0 aromatic heterocycles. The van der Waals surface area contributed by atoms with E-state index >= 15 is 0 Å². The molecular formula is C15H21BrN2O. The van der Waals surface area contributed by atoms with E-state index in [1.807, 2.05) is 31.2 Å². The molecular weight excluding hydrogens is 304 g/mol. The summed E-state index contributed by atoms with van der Waals surface area (Å²) in [5, 5.41) is 6.37. The lowest BCUT2D eigenvalue weighted by molar-refractivity contribution is -0.122. The molecule has 1 atom stereocenters. The molecule has 1 aromatic rings. The van der Waals surface area contributed by atoms with Gasteiger partial charge in [-0.25, -0.2) is 0 Å². The van der Waals surface area contributed by atoms with E-state index in [0.717, 1.165) is 23.0 Å². The minimum Gasteiger partial charge on any atom is -0.374 e. The third kappa shape index (κ3) is 4.53. The highest BCUT2D eigenvalue weighted by molar-refractivity contribution is 9.10. The molecule has 4 heteroatoms. The van der Waals surface area contributed by atoms with E-state index in [2.05, 4.69) is 26.6 Å². The summed E-state index contributed by atoms with van der Waals surface area (Å²) in [4.78, 5) is 12.1. The average molecular weight is 325 g/mol. The Morgan fingerprint density at radius 2 is 1.84 bits per heavy atom. The first kappa shape index (κ1) is 14.4. The lowest BCUT2D eigenvalue weighted by Gasteiger charge is -2.25. The molecule has 1 aromatic carbocycles. The summed E-state index contributed by atoms with van der Waals surface area (Å²) in [5.41, 5.74) is 0.967. The second-order valence-electron chi connectivity index (χ2n) is 5.22. The number of hydrogen-bond donors (Lipinski definition) is 2. The van der Waals surface area contributed by atoms with Crippen molar-refractivity contribution in [2.45, 2.75) is 51.1 Å². The molecule has 1 amide bonds. The van der Waals surface area contributed by atoms with Crippen LogP contribution in [0.15, 0.2) is 28.7 Å². The van der Waals surface area contributed by atoms with E-state index in [1.54, 1.807) is 0 Å². The molecule has 0 radical (unpaired) electrons. The van der Waals surface area contributed by atoms with Gasteiger partial charge in [-0.1, -0.05) is 35.2 Å². The van der Waals surface area contributed by atoms with Crippen molar-refractivity contribution in [3.05, 3.63) is 28.7 Å². The van der Waals surface area contributed by atoms with E-state index < -0.39 is 0 Å². The summed E-state index contributed by atoms with van der Waals surface area (Å²) in [6, 6.07) is 8.03. The van der Waals surface area contributed by atoms with Crippen molar-refractivity contribution < 1.29 is 4.79 Å². The van der Waals surface area contributed by atoms with Crippen LogP contribution in [0, 0.1) is 0 Å². The van der Waals surface area contributed by atoms with Gasteiger partial charge in [-0.2, -0.15) is 0 Å². The lowest BCUT2D eigenvalue weighted by Crippen LogP contribution is -2.43. The zero-order valence-corrected chi connectivity index (χ0v) is 12.9. The Balaban J connectivity index is 1.83. The quantitative estimate of drug-likeness (QED) is 0.886. The molecule has 0 spiro atoms. The summed E-state index contributed by atoms with van der Waals surface area (Å²) in [5.74, 6) is 0.0924. The fourth-order valence-corrected chi connectivity index (χ4v) is 2.70. The van der Waals surface area contributed by atoms with Crippen LogP contribution in [0.25, 0.3) is 0 Å². The first-order valence-electron chi connectivity index (χ1n) is 6.97. The van der Waals surface area contributed by atoms with Gasteiger partial charge in [0.1, 0.15) is 6.04 Å². The fraction of sp³-hybridized carbons (Fsp3) is 0.533. The second kappa shape index (κ2) is 6.94. The highest BCUT2D eigenvalue weighted by atomic mass is 79.9. The third-order valence-electron chi connectivity index (χ3n) is 3.57. The number of halogens is 1. The molecule has 1 unspecified atom stereocenters. The van der Waals surface area contributed by atoms with Crippen LogP contribution in [0.1, 0.15) is 39.0 Å². The minimum atomic E-state index is -0.205. The average Bonchev–Trinajstić information content (AvgIpc) is 2.42. The van der Waals surface area contributed by atoms with Crippen molar-refractivity contribution in [2.24, 2.45) is 0 Å². The van der Waals surface area contributed by atoms with E-state index in [9.17, 15) is 4.79 Å². The lowest BCUT2D eigenvalue weighted by atomic mass is 9.95. The van der Waals surface area contributed by atoms with Gasteiger partial charge in [-0.3, -0.25) is 4.79 Å². The molecule has 1 fully saturated rings. The Kier molecular flexibility index (Phi) is 5.25. The summed E-state index contributed by atoms with van der Waals surface area (Å²) in [6.07, 6.45) is 6.02. The molecule has 2 N–H and O–H groups in total. The topological polar surface area (TPSA) is 41.1 Å². The summed E-state index contributed by atoms with van der Waals surface area (Å²) < 4.78 is 1.04. The Morgan fingerprint density at radius 3 is 2.47 bits per heavy atom. The van der Waals surface area contributed by atoms with Crippen LogP contribution in [-0.4, -0.2) is 18.0 Å². The van der Waals surface area contributed by atoms with Crippen LogP contribution in [0.5, 0.6) is 0 Å². The smallest absolute Gasteiger partial charge is 0.242 e. The van der Waals surface area contributed by atoms with Crippen LogP contribution in [0.3, 0.4) is 0 Å². The largest absolute Gasteiger partial charge is 0.374 e. The number of anilines is 1. The van der Waals surface area contributed by atoms with Crippen LogP contribution >= 0.6 is 15.9 Å². The Labute approximate surface area is 123 Å². The predicted octanol–water partition coefficient (Wildman–Crippen LogP) is 3.70. The normalized spacial score (nSPS) is 17.8. The van der Waals surface area contributed by atoms with Crippen molar-refractivity contribution in [3.8, 4) is 0 Å². The van der Waals surface area contributed by atoms with Gasteiger partial charge in [0.05, 0.1) is 0 Å². The van der Waals surface area contributed by atoms with Gasteiger partial charge in [0.25, 0.3) is 0 Å². The third-order valence-corrected chi connectivity index (χ3v) is 4.10. The maximum absolute atomic E-state index is 12.1. The SMILES string of the molecule is CC(Nc1ccc(Br)cc1)C(=O)NC1CCCCC1. The Morgan fingerprint density at radius 1 is 1.21 bits per heavy atom. The van der Waals surface area contributed by atoms with E-state index in [1.165, 1.54) is 19.3 Å². The standard InChI is InChI=1S/C15H21BrN2O/c1-11(17-14-9-7-12(16)8-10-14)15(19)18-13-5-3-2-4-6-13/h7-11,13,17H,2-6H2,1H3,(H,18,19). The first-order valence-corrected chi connectivity index (χ1v) is 7.77. The van der Waals surface area contributed by atoms with Crippen LogP contribution in [0.4, 0.5) is 5.69 Å². The number of carbonyl (C=O) groups excluding carboxylic acids is 1. The van der Waals surface area contributed by atoms with E-state index in [-0.39, 0.29) is 11.9 Å². The van der Waals surface area contributed by atoms with Gasteiger partial charge in [-0.15, -0.1) is 0 Å². The predicted molar refractivity (Wildman–Crippen MR) is 82.2 cm³/mol. The molecule has 0 aliphatic heterocycles. The Hall–Kier alpha value is -1.03. The molecule has 1 saturated carbocycles. The van der Waals surface area contributed by atoms with Gasteiger partial charge >= 0.3 is 0 Å². The molecule has 0 saturated heterocycles. The van der Waals surface area contributed by atoms with Gasteiger partial charge in [-0.05, 0) is 44.0 Å². The number of hydrogen-bond acceptors (Lipinski definition) is 2. The highest BCUT2D eigenvalue weighted by Crippen LogP contribution is 2.18. The van der Waals surface area contributed by atoms with Gasteiger partial charge in [0, 0.05) is 16.2 Å². The molecule has 0 bridgehead atoms. The van der Waals surface area contributed by atoms with Gasteiger partial charge in [0.2, 0.25) is 5.91 Å². The molecule has 1 aliphatic rings. The zero-order valence-electron chi connectivity index (χ0n) is 11.3. The minimum absolute atomic E-state index is 0.0924. The van der Waals surface area contributed by atoms with Crippen molar-refractivity contribution in [3.63, 3.8) is 0 Å². The van der Waals surface area contributed by atoms with Crippen molar-refractivity contribution >= 4 is 27.5 Å². The number of benzene rings is 1. The van der Waals surface area contributed by atoms with Gasteiger partial charge in [0.15, 0.2) is 0 Å². The summed E-state index contributed by atoms with van der Waals surface area (Å²) >= 11 is 3.40. The molecule has 3 nitrogen and oxygen atoms in total. The van der Waals surface area contributed by atoms with Crippen molar-refractivity contribution in [1.29, 1.82) is 0 Å². The number of carbonyl (C=O) groups is 1. The number of amides is 1. The second-order valence-corrected chi connectivity index (χ2v) is 6.13. The number of rotatable bonds is 4. The van der Waals surface area contributed by atoms with Crippen molar-refractivity contribution in [2.75, 3.05) is 5.32 Å². The van der Waals surface area contributed by atoms with Crippen molar-refractivity contribution in [1.82, 2.24) is 5.32 Å². The maximum atomic E-state index is 12.1. The van der Waals surface area contributed by atoms with Crippen LogP contribution in [-0.2, 0) is 4.79 Å². The zero-order chi connectivity index (χ0) is 13.7. The number of nitrogens with one attached hydrogen (secondary N) is 2. The summed E-state index contributed by atoms with van der Waals surface area (Å²) in [7, 11) is 0. The molecule has 0 heterocycles. The maximum Gasteiger partial charge on any atom is 0.242 e. The van der Waals surface area contributed by atoms with Crippen LogP contribution in [0.2, 0.25) is 0 Å². The Bertz CT molecular complexity index is 413. The van der Waals surface area contributed by atoms with E-state index in [4.69, 9.17) is 0 Å². The summed E-state index contributed by atoms with van der Waals surface area (Å²) in [6.45, 7) is 1.90.